The lowest BCUT2D eigenvalue weighted by Crippen LogP contribution is -2.50. The Kier molecular flexibility index (Phi) is 7.47. The number of benzene rings is 1. The Balaban J connectivity index is 1.77. The first-order chi connectivity index (χ1) is 17.3. The molecule has 2 aromatic heterocycles. The van der Waals surface area contributed by atoms with Crippen LogP contribution in [-0.2, 0) is 9.47 Å². The predicted octanol–water partition coefficient (Wildman–Crippen LogP) is 4.44. The first-order valence-electron chi connectivity index (χ1n) is 12.0. The second-order valence-electron chi connectivity index (χ2n) is 9.38. The molecule has 0 atom stereocenters. The quantitative estimate of drug-likeness (QED) is 0.485. The molecule has 0 N–H and O–H groups in total. The molecule has 1 aromatic carbocycles. The molecule has 0 spiro atoms. The third kappa shape index (κ3) is 5.79. The van der Waals surface area contributed by atoms with E-state index >= 15 is 0 Å². The van der Waals surface area contributed by atoms with Gasteiger partial charge in [0, 0.05) is 49.7 Å². The highest BCUT2D eigenvalue weighted by Crippen LogP contribution is 2.33. The smallest absolute Gasteiger partial charge is 0.410 e. The second kappa shape index (κ2) is 10.7. The minimum Gasteiger partial charge on any atom is -0.462 e. The van der Waals surface area contributed by atoms with E-state index in [-0.39, 0.29) is 12.7 Å². The summed E-state index contributed by atoms with van der Waals surface area (Å²) in [5, 5.41) is 0. The third-order valence-electron chi connectivity index (χ3n) is 5.57. The van der Waals surface area contributed by atoms with Crippen LogP contribution in [0.15, 0.2) is 54.9 Å². The number of hydrogen-bond acceptors (Lipinski definition) is 8. The lowest BCUT2D eigenvalue weighted by atomic mass is 10.0. The minimum absolute atomic E-state index is 0.225. The number of amides is 1. The summed E-state index contributed by atoms with van der Waals surface area (Å²) < 4.78 is 11.0. The normalized spacial score (nSPS) is 13.9. The molecule has 0 aliphatic carbocycles. The molecular weight excluding hydrogens is 458 g/mol. The highest BCUT2D eigenvalue weighted by Gasteiger charge is 2.31. The summed E-state index contributed by atoms with van der Waals surface area (Å²) >= 11 is 0. The van der Waals surface area contributed by atoms with E-state index in [1.54, 1.807) is 24.2 Å². The summed E-state index contributed by atoms with van der Waals surface area (Å²) in [5.41, 5.74) is 1.75. The number of esters is 1. The maximum atomic E-state index is 13.3. The highest BCUT2D eigenvalue weighted by atomic mass is 16.6. The number of nitrogens with zero attached hydrogens (tertiary/aromatic N) is 5. The lowest BCUT2D eigenvalue weighted by molar-refractivity contribution is 0.0239. The van der Waals surface area contributed by atoms with Gasteiger partial charge in [-0.1, -0.05) is 30.3 Å². The van der Waals surface area contributed by atoms with E-state index in [2.05, 4.69) is 4.98 Å². The van der Waals surface area contributed by atoms with Crippen molar-refractivity contribution in [2.24, 2.45) is 0 Å². The van der Waals surface area contributed by atoms with Crippen molar-refractivity contribution in [1.29, 1.82) is 0 Å². The molecule has 9 heteroatoms. The SMILES string of the molecule is CCOC(=O)c1c(-c2ccccc2)nc(-c2cccnc2)nc1N1CCN(C(=O)OC(C)(C)C)CC1. The summed E-state index contributed by atoms with van der Waals surface area (Å²) in [6.07, 6.45) is 3.03. The van der Waals surface area contributed by atoms with E-state index in [0.29, 0.717) is 49.1 Å². The van der Waals surface area contributed by atoms with E-state index in [4.69, 9.17) is 19.4 Å². The van der Waals surface area contributed by atoms with E-state index in [1.165, 1.54) is 0 Å². The number of carbonyl (C=O) groups excluding carboxylic acids is 2. The Hall–Kier alpha value is -4.01. The molecule has 0 bridgehead atoms. The summed E-state index contributed by atoms with van der Waals surface area (Å²) in [5.74, 6) is 0.447. The van der Waals surface area contributed by atoms with Gasteiger partial charge in [0.25, 0.3) is 0 Å². The average molecular weight is 490 g/mol. The third-order valence-corrected chi connectivity index (χ3v) is 5.57. The van der Waals surface area contributed by atoms with Gasteiger partial charge in [-0.15, -0.1) is 0 Å². The van der Waals surface area contributed by atoms with Gasteiger partial charge in [-0.05, 0) is 39.8 Å². The topological polar surface area (TPSA) is 97.7 Å². The van der Waals surface area contributed by atoms with Crippen LogP contribution >= 0.6 is 0 Å². The predicted molar refractivity (Wildman–Crippen MR) is 137 cm³/mol. The van der Waals surface area contributed by atoms with Crippen LogP contribution in [0, 0.1) is 0 Å². The fourth-order valence-corrected chi connectivity index (χ4v) is 3.93. The molecule has 188 valence electrons. The molecule has 3 heterocycles. The van der Waals surface area contributed by atoms with Crippen molar-refractivity contribution in [1.82, 2.24) is 19.9 Å². The zero-order valence-electron chi connectivity index (χ0n) is 21.1. The number of aromatic nitrogens is 3. The first-order valence-corrected chi connectivity index (χ1v) is 12.0. The number of piperazine rings is 1. The number of anilines is 1. The highest BCUT2D eigenvalue weighted by molar-refractivity contribution is 6.01. The van der Waals surface area contributed by atoms with Crippen molar-refractivity contribution in [3.05, 3.63) is 60.4 Å². The van der Waals surface area contributed by atoms with Crippen LogP contribution < -0.4 is 4.90 Å². The van der Waals surface area contributed by atoms with Crippen LogP contribution in [0.2, 0.25) is 0 Å². The van der Waals surface area contributed by atoms with Gasteiger partial charge in [0.05, 0.1) is 12.3 Å². The van der Waals surface area contributed by atoms with Crippen molar-refractivity contribution < 1.29 is 19.1 Å². The van der Waals surface area contributed by atoms with Gasteiger partial charge in [0.15, 0.2) is 5.82 Å². The van der Waals surface area contributed by atoms with Crippen LogP contribution in [-0.4, -0.2) is 70.3 Å². The Morgan fingerprint density at radius 2 is 1.64 bits per heavy atom. The van der Waals surface area contributed by atoms with Crippen molar-refractivity contribution >= 4 is 17.9 Å². The Bertz CT molecular complexity index is 1200. The Labute approximate surface area is 211 Å². The summed E-state index contributed by atoms with van der Waals surface area (Å²) in [7, 11) is 0. The van der Waals surface area contributed by atoms with Crippen LogP contribution in [0.1, 0.15) is 38.1 Å². The molecule has 1 amide bonds. The van der Waals surface area contributed by atoms with Crippen LogP contribution in [0.3, 0.4) is 0 Å². The number of pyridine rings is 1. The number of ether oxygens (including phenoxy) is 2. The second-order valence-corrected chi connectivity index (χ2v) is 9.38. The maximum absolute atomic E-state index is 13.3. The first kappa shape index (κ1) is 25.1. The summed E-state index contributed by atoms with van der Waals surface area (Å²) in [6, 6.07) is 13.2. The summed E-state index contributed by atoms with van der Waals surface area (Å²) in [4.78, 5) is 43.3. The van der Waals surface area contributed by atoms with E-state index in [0.717, 1.165) is 11.1 Å². The molecule has 1 aliphatic rings. The van der Waals surface area contributed by atoms with Gasteiger partial charge in [-0.2, -0.15) is 0 Å². The van der Waals surface area contributed by atoms with E-state index < -0.39 is 11.6 Å². The molecule has 1 fully saturated rings. The zero-order chi connectivity index (χ0) is 25.7. The molecule has 1 saturated heterocycles. The molecule has 0 unspecified atom stereocenters. The van der Waals surface area contributed by atoms with Gasteiger partial charge >= 0.3 is 12.1 Å². The molecule has 9 nitrogen and oxygen atoms in total. The van der Waals surface area contributed by atoms with Gasteiger partial charge in [0.2, 0.25) is 0 Å². The lowest BCUT2D eigenvalue weighted by Gasteiger charge is -2.37. The molecule has 1 aliphatic heterocycles. The van der Waals surface area contributed by atoms with E-state index in [9.17, 15) is 9.59 Å². The van der Waals surface area contributed by atoms with Gasteiger partial charge in [0.1, 0.15) is 17.0 Å². The Morgan fingerprint density at radius 3 is 2.25 bits per heavy atom. The van der Waals surface area contributed by atoms with Gasteiger partial charge < -0.3 is 19.3 Å². The molecule has 0 radical (unpaired) electrons. The largest absolute Gasteiger partial charge is 0.462 e. The Morgan fingerprint density at radius 1 is 0.944 bits per heavy atom. The standard InChI is InChI=1S/C27H31N5O4/c1-5-35-25(33)21-22(19-10-7-6-8-11-19)29-23(20-12-9-13-28-18-20)30-24(21)31-14-16-32(17-15-31)26(34)36-27(2,3)4/h6-13,18H,5,14-17H2,1-4H3. The number of rotatable bonds is 5. The maximum Gasteiger partial charge on any atom is 0.410 e. The van der Waals surface area contributed by atoms with E-state index in [1.807, 2.05) is 68.1 Å². The summed E-state index contributed by atoms with van der Waals surface area (Å²) in [6.45, 7) is 9.35. The monoisotopic (exact) mass is 489 g/mol. The number of hydrogen-bond donors (Lipinski definition) is 0. The average Bonchev–Trinajstić information content (AvgIpc) is 2.88. The zero-order valence-corrected chi connectivity index (χ0v) is 21.1. The molecular formula is C27H31N5O4. The van der Waals surface area contributed by atoms with Gasteiger partial charge in [-0.25, -0.2) is 19.6 Å². The van der Waals surface area contributed by atoms with Crippen LogP contribution in [0.4, 0.5) is 10.6 Å². The molecule has 36 heavy (non-hydrogen) atoms. The van der Waals surface area contributed by atoms with Crippen LogP contribution in [0.5, 0.6) is 0 Å². The minimum atomic E-state index is -0.568. The molecule has 4 rings (SSSR count). The van der Waals surface area contributed by atoms with Crippen molar-refractivity contribution in [2.45, 2.75) is 33.3 Å². The number of carbonyl (C=O) groups is 2. The van der Waals surface area contributed by atoms with Crippen molar-refractivity contribution in [3.8, 4) is 22.6 Å². The molecule has 3 aromatic rings. The van der Waals surface area contributed by atoms with Crippen molar-refractivity contribution in [2.75, 3.05) is 37.7 Å². The fraction of sp³-hybridized carbons (Fsp3) is 0.370. The van der Waals surface area contributed by atoms with Crippen LogP contribution in [0.25, 0.3) is 22.6 Å². The van der Waals surface area contributed by atoms with Gasteiger partial charge in [-0.3, -0.25) is 4.98 Å². The molecule has 0 saturated carbocycles. The van der Waals surface area contributed by atoms with Crippen molar-refractivity contribution in [3.63, 3.8) is 0 Å². The fourth-order valence-electron chi connectivity index (χ4n) is 3.93.